The molecule has 1 fully saturated rings. The molecule has 15 heavy (non-hydrogen) atoms. The first kappa shape index (κ1) is 9.10. The molecule has 2 unspecified atom stereocenters. The molecule has 1 aromatic heterocycles. The SMILES string of the molecule is Cc1ccc(C2=CC3NCCC3C2)cn1. The quantitative estimate of drug-likeness (QED) is 0.751. The Labute approximate surface area is 90.4 Å². The minimum absolute atomic E-state index is 0.626. The summed E-state index contributed by atoms with van der Waals surface area (Å²) in [6.07, 6.45) is 6.94. The first-order chi connectivity index (χ1) is 7.33. The van der Waals surface area contributed by atoms with E-state index in [-0.39, 0.29) is 0 Å². The van der Waals surface area contributed by atoms with Gasteiger partial charge in [0, 0.05) is 17.9 Å². The number of allylic oxidation sites excluding steroid dienone is 1. The van der Waals surface area contributed by atoms with E-state index in [0.717, 1.165) is 11.6 Å². The van der Waals surface area contributed by atoms with Crippen LogP contribution in [0.4, 0.5) is 0 Å². The maximum Gasteiger partial charge on any atom is 0.0373 e. The summed E-state index contributed by atoms with van der Waals surface area (Å²) in [6, 6.07) is 4.91. The molecule has 1 aliphatic carbocycles. The number of pyridine rings is 1. The van der Waals surface area contributed by atoms with E-state index in [0.29, 0.717) is 6.04 Å². The Hall–Kier alpha value is -1.15. The summed E-state index contributed by atoms with van der Waals surface area (Å²) >= 11 is 0. The average molecular weight is 200 g/mol. The molecular formula is C13H16N2. The summed E-state index contributed by atoms with van der Waals surface area (Å²) in [5, 5.41) is 3.53. The zero-order chi connectivity index (χ0) is 10.3. The van der Waals surface area contributed by atoms with E-state index in [1.165, 1.54) is 30.5 Å². The molecule has 1 saturated heterocycles. The fourth-order valence-corrected chi connectivity index (χ4v) is 2.64. The van der Waals surface area contributed by atoms with E-state index < -0.39 is 0 Å². The molecule has 1 aromatic rings. The Kier molecular flexibility index (Phi) is 2.10. The molecule has 1 N–H and O–H groups in total. The lowest BCUT2D eigenvalue weighted by Crippen LogP contribution is -2.20. The summed E-state index contributed by atoms with van der Waals surface area (Å²) in [6.45, 7) is 3.22. The van der Waals surface area contributed by atoms with Gasteiger partial charge in [0.1, 0.15) is 0 Å². The van der Waals surface area contributed by atoms with Crippen LogP contribution in [0.2, 0.25) is 0 Å². The van der Waals surface area contributed by atoms with Gasteiger partial charge < -0.3 is 5.32 Å². The largest absolute Gasteiger partial charge is 0.310 e. The molecule has 0 saturated carbocycles. The normalized spacial score (nSPS) is 29.0. The van der Waals surface area contributed by atoms with Crippen LogP contribution in [0.1, 0.15) is 24.1 Å². The van der Waals surface area contributed by atoms with Crippen LogP contribution in [0.25, 0.3) is 5.57 Å². The van der Waals surface area contributed by atoms with Crippen molar-refractivity contribution in [1.82, 2.24) is 10.3 Å². The molecular weight excluding hydrogens is 184 g/mol. The second-order valence-electron chi connectivity index (χ2n) is 4.61. The van der Waals surface area contributed by atoms with Crippen molar-refractivity contribution in [2.45, 2.75) is 25.8 Å². The minimum Gasteiger partial charge on any atom is -0.310 e. The Morgan fingerprint density at radius 2 is 2.33 bits per heavy atom. The van der Waals surface area contributed by atoms with Crippen LogP contribution in [0.15, 0.2) is 24.4 Å². The van der Waals surface area contributed by atoms with Gasteiger partial charge in [0.15, 0.2) is 0 Å². The molecule has 2 heterocycles. The zero-order valence-corrected chi connectivity index (χ0v) is 9.03. The van der Waals surface area contributed by atoms with Gasteiger partial charge in [-0.15, -0.1) is 0 Å². The van der Waals surface area contributed by atoms with Crippen molar-refractivity contribution < 1.29 is 0 Å². The zero-order valence-electron chi connectivity index (χ0n) is 9.03. The van der Waals surface area contributed by atoms with Crippen molar-refractivity contribution in [3.8, 4) is 0 Å². The van der Waals surface area contributed by atoms with Gasteiger partial charge in [0.25, 0.3) is 0 Å². The molecule has 1 aliphatic heterocycles. The molecule has 2 atom stereocenters. The monoisotopic (exact) mass is 200 g/mol. The molecule has 78 valence electrons. The standard InChI is InChI=1S/C13H16N2/c1-9-2-3-11(8-15-9)12-6-10-4-5-14-13(10)7-12/h2-3,7-8,10,13-14H,4-6H2,1H3. The fourth-order valence-electron chi connectivity index (χ4n) is 2.64. The van der Waals surface area contributed by atoms with Gasteiger partial charge in [-0.25, -0.2) is 0 Å². The van der Waals surface area contributed by atoms with Crippen LogP contribution in [0.5, 0.6) is 0 Å². The number of rotatable bonds is 1. The molecule has 0 bridgehead atoms. The van der Waals surface area contributed by atoms with Gasteiger partial charge in [0.2, 0.25) is 0 Å². The van der Waals surface area contributed by atoms with E-state index in [1.54, 1.807) is 0 Å². The third kappa shape index (κ3) is 1.59. The highest BCUT2D eigenvalue weighted by Gasteiger charge is 2.31. The minimum atomic E-state index is 0.626. The maximum atomic E-state index is 4.36. The number of hydrogen-bond donors (Lipinski definition) is 1. The predicted octanol–water partition coefficient (Wildman–Crippen LogP) is 2.16. The van der Waals surface area contributed by atoms with Crippen LogP contribution >= 0.6 is 0 Å². The topological polar surface area (TPSA) is 24.9 Å². The highest BCUT2D eigenvalue weighted by atomic mass is 15.0. The van der Waals surface area contributed by atoms with Crippen LogP contribution in [0, 0.1) is 12.8 Å². The molecule has 0 spiro atoms. The van der Waals surface area contributed by atoms with Crippen LogP contribution in [-0.4, -0.2) is 17.6 Å². The van der Waals surface area contributed by atoms with Crippen molar-refractivity contribution >= 4 is 5.57 Å². The third-order valence-corrected chi connectivity index (χ3v) is 3.55. The van der Waals surface area contributed by atoms with Gasteiger partial charge in [-0.2, -0.15) is 0 Å². The molecule has 2 nitrogen and oxygen atoms in total. The number of hydrogen-bond acceptors (Lipinski definition) is 2. The lowest BCUT2D eigenvalue weighted by molar-refractivity contribution is 0.553. The van der Waals surface area contributed by atoms with Gasteiger partial charge >= 0.3 is 0 Å². The Balaban J connectivity index is 1.87. The Morgan fingerprint density at radius 1 is 1.40 bits per heavy atom. The van der Waals surface area contributed by atoms with Crippen molar-refractivity contribution in [2.24, 2.45) is 5.92 Å². The second kappa shape index (κ2) is 3.46. The van der Waals surface area contributed by atoms with Crippen molar-refractivity contribution in [1.29, 1.82) is 0 Å². The number of nitrogens with zero attached hydrogens (tertiary/aromatic N) is 1. The van der Waals surface area contributed by atoms with Gasteiger partial charge in [-0.3, -0.25) is 4.98 Å². The summed E-state index contributed by atoms with van der Waals surface area (Å²) in [4.78, 5) is 4.36. The Bertz CT molecular complexity index is 392. The molecule has 0 amide bonds. The van der Waals surface area contributed by atoms with E-state index in [9.17, 15) is 0 Å². The van der Waals surface area contributed by atoms with E-state index in [1.807, 2.05) is 13.1 Å². The van der Waals surface area contributed by atoms with Crippen molar-refractivity contribution in [3.63, 3.8) is 0 Å². The fraction of sp³-hybridized carbons (Fsp3) is 0.462. The summed E-state index contributed by atoms with van der Waals surface area (Å²) < 4.78 is 0. The summed E-state index contributed by atoms with van der Waals surface area (Å²) in [5.74, 6) is 0.835. The van der Waals surface area contributed by atoms with Crippen molar-refractivity contribution in [3.05, 3.63) is 35.7 Å². The van der Waals surface area contributed by atoms with E-state index in [2.05, 4.69) is 28.5 Å². The Morgan fingerprint density at radius 3 is 3.07 bits per heavy atom. The smallest absolute Gasteiger partial charge is 0.0373 e. The molecule has 2 heteroatoms. The van der Waals surface area contributed by atoms with Crippen molar-refractivity contribution in [2.75, 3.05) is 6.54 Å². The summed E-state index contributed by atoms with van der Waals surface area (Å²) in [5.41, 5.74) is 3.87. The van der Waals surface area contributed by atoms with E-state index in [4.69, 9.17) is 0 Å². The van der Waals surface area contributed by atoms with Crippen LogP contribution < -0.4 is 5.32 Å². The lowest BCUT2D eigenvalue weighted by atomic mass is 10.00. The second-order valence-corrected chi connectivity index (χ2v) is 4.61. The lowest BCUT2D eigenvalue weighted by Gasteiger charge is -2.06. The van der Waals surface area contributed by atoms with Gasteiger partial charge in [-0.1, -0.05) is 12.1 Å². The number of aromatic nitrogens is 1. The first-order valence-corrected chi connectivity index (χ1v) is 5.70. The predicted molar refractivity (Wildman–Crippen MR) is 61.5 cm³/mol. The maximum absolute atomic E-state index is 4.36. The number of fused-ring (bicyclic) bond motifs is 1. The van der Waals surface area contributed by atoms with Gasteiger partial charge in [0.05, 0.1) is 0 Å². The van der Waals surface area contributed by atoms with Crippen LogP contribution in [0.3, 0.4) is 0 Å². The third-order valence-electron chi connectivity index (χ3n) is 3.55. The summed E-state index contributed by atoms with van der Waals surface area (Å²) in [7, 11) is 0. The number of nitrogens with one attached hydrogen (secondary N) is 1. The average Bonchev–Trinajstić information content (AvgIpc) is 2.78. The van der Waals surface area contributed by atoms with E-state index >= 15 is 0 Å². The van der Waals surface area contributed by atoms with Gasteiger partial charge in [-0.05, 0) is 49.4 Å². The highest BCUT2D eigenvalue weighted by molar-refractivity contribution is 5.68. The first-order valence-electron chi connectivity index (χ1n) is 5.70. The number of aryl methyl sites for hydroxylation is 1. The molecule has 3 rings (SSSR count). The molecule has 0 radical (unpaired) electrons. The molecule has 0 aromatic carbocycles. The molecule has 2 aliphatic rings. The van der Waals surface area contributed by atoms with Crippen LogP contribution in [-0.2, 0) is 0 Å². The highest BCUT2D eigenvalue weighted by Crippen LogP contribution is 2.36.